The molecule has 0 bridgehead atoms. The molecular formula is C9H6O8P+. The Hall–Kier alpha value is -2.31. The van der Waals surface area contributed by atoms with Gasteiger partial charge in [-0.1, -0.05) is 0 Å². The SMILES string of the molecule is O=C(O)c1cc(C(=O)O)c([P+](=O)O)c(C(=O)O)c1. The Morgan fingerprint density at radius 1 is 0.889 bits per heavy atom. The number of aromatic carboxylic acids is 3. The van der Waals surface area contributed by atoms with Crippen LogP contribution in [0.2, 0.25) is 0 Å². The molecule has 1 atom stereocenters. The second-order valence-electron chi connectivity index (χ2n) is 3.11. The van der Waals surface area contributed by atoms with E-state index in [1.807, 2.05) is 0 Å². The van der Waals surface area contributed by atoms with Crippen LogP contribution in [-0.2, 0) is 4.57 Å². The maximum absolute atomic E-state index is 11.0. The summed E-state index contributed by atoms with van der Waals surface area (Å²) in [5.41, 5.74) is -2.24. The molecule has 18 heavy (non-hydrogen) atoms. The van der Waals surface area contributed by atoms with E-state index in [1.54, 1.807) is 0 Å². The Kier molecular flexibility index (Phi) is 3.75. The lowest BCUT2D eigenvalue weighted by Gasteiger charge is -2.02. The molecule has 4 N–H and O–H groups in total. The Morgan fingerprint density at radius 3 is 1.50 bits per heavy atom. The average Bonchev–Trinajstić information content (AvgIpc) is 2.26. The zero-order valence-electron chi connectivity index (χ0n) is 8.52. The first kappa shape index (κ1) is 13.8. The number of carbonyl (C=O) groups is 3. The molecule has 1 aromatic carbocycles. The van der Waals surface area contributed by atoms with Crippen LogP contribution in [0.5, 0.6) is 0 Å². The molecule has 8 nitrogen and oxygen atoms in total. The maximum atomic E-state index is 11.0. The first-order valence-corrected chi connectivity index (χ1v) is 5.51. The zero-order valence-corrected chi connectivity index (χ0v) is 9.42. The normalized spacial score (nSPS) is 10.8. The van der Waals surface area contributed by atoms with Crippen LogP contribution in [0, 0.1) is 0 Å². The van der Waals surface area contributed by atoms with Crippen molar-refractivity contribution in [2.24, 2.45) is 0 Å². The molecule has 0 heterocycles. The number of hydrogen-bond donors (Lipinski definition) is 4. The molecule has 9 heteroatoms. The molecule has 0 aliphatic heterocycles. The van der Waals surface area contributed by atoms with Gasteiger partial charge in [-0.3, -0.25) is 0 Å². The smallest absolute Gasteiger partial charge is 0.478 e. The van der Waals surface area contributed by atoms with Crippen molar-refractivity contribution in [3.63, 3.8) is 0 Å². The summed E-state index contributed by atoms with van der Waals surface area (Å²) in [6.07, 6.45) is 0. The van der Waals surface area contributed by atoms with Crippen LogP contribution in [0.25, 0.3) is 0 Å². The van der Waals surface area contributed by atoms with Crippen LogP contribution < -0.4 is 5.30 Å². The Morgan fingerprint density at radius 2 is 1.28 bits per heavy atom. The number of carboxylic acids is 3. The van der Waals surface area contributed by atoms with Gasteiger partial charge in [0.05, 0.1) is 5.56 Å². The van der Waals surface area contributed by atoms with Crippen LogP contribution >= 0.6 is 8.03 Å². The zero-order chi connectivity index (χ0) is 14.0. The van der Waals surface area contributed by atoms with Gasteiger partial charge in [-0.2, -0.15) is 4.89 Å². The molecule has 94 valence electrons. The summed E-state index contributed by atoms with van der Waals surface area (Å²) >= 11 is 0. The van der Waals surface area contributed by atoms with Crippen molar-refractivity contribution >= 4 is 31.2 Å². The predicted octanol–water partition coefficient (Wildman–Crippen LogP) is 0.141. The second-order valence-corrected chi connectivity index (χ2v) is 4.10. The third-order valence-electron chi connectivity index (χ3n) is 2.01. The molecule has 0 saturated heterocycles. The van der Waals surface area contributed by atoms with Crippen molar-refractivity contribution in [3.8, 4) is 0 Å². The van der Waals surface area contributed by atoms with Crippen molar-refractivity contribution in [2.45, 2.75) is 0 Å². The molecule has 0 aromatic heterocycles. The topological polar surface area (TPSA) is 149 Å². The van der Waals surface area contributed by atoms with Crippen molar-refractivity contribution in [1.82, 2.24) is 0 Å². The monoisotopic (exact) mass is 273 g/mol. The number of hydrogen-bond acceptors (Lipinski definition) is 4. The van der Waals surface area contributed by atoms with Gasteiger partial charge in [-0.15, -0.1) is 0 Å². The van der Waals surface area contributed by atoms with Crippen molar-refractivity contribution in [3.05, 3.63) is 28.8 Å². The Balaban J connectivity index is 3.76. The lowest BCUT2D eigenvalue weighted by atomic mass is 10.1. The Labute approximate surface area is 100.0 Å². The van der Waals surface area contributed by atoms with Crippen LogP contribution in [0.1, 0.15) is 31.1 Å². The van der Waals surface area contributed by atoms with Gasteiger partial charge >= 0.3 is 25.9 Å². The quantitative estimate of drug-likeness (QED) is 0.566. The highest BCUT2D eigenvalue weighted by atomic mass is 31.1. The van der Waals surface area contributed by atoms with Crippen molar-refractivity contribution in [1.29, 1.82) is 0 Å². The minimum absolute atomic E-state index is 0.592. The van der Waals surface area contributed by atoms with E-state index in [-0.39, 0.29) is 0 Å². The summed E-state index contributed by atoms with van der Waals surface area (Å²) in [6, 6.07) is 1.27. The maximum Gasteiger partial charge on any atom is 0.547 e. The van der Waals surface area contributed by atoms with Gasteiger partial charge < -0.3 is 15.3 Å². The van der Waals surface area contributed by atoms with E-state index in [0.29, 0.717) is 12.1 Å². The molecular weight excluding hydrogens is 267 g/mol. The van der Waals surface area contributed by atoms with Crippen molar-refractivity contribution < 1.29 is 39.2 Å². The Bertz CT molecular complexity index is 541. The van der Waals surface area contributed by atoms with E-state index >= 15 is 0 Å². The van der Waals surface area contributed by atoms with Gasteiger partial charge in [0.25, 0.3) is 5.30 Å². The van der Waals surface area contributed by atoms with Crippen LogP contribution in [0.15, 0.2) is 12.1 Å². The molecule has 0 spiro atoms. The summed E-state index contributed by atoms with van der Waals surface area (Å²) in [6.45, 7) is 0. The predicted molar refractivity (Wildman–Crippen MR) is 56.8 cm³/mol. The molecule has 0 saturated carbocycles. The minimum atomic E-state index is -3.24. The molecule has 0 aliphatic rings. The van der Waals surface area contributed by atoms with E-state index in [9.17, 15) is 18.9 Å². The highest BCUT2D eigenvalue weighted by Gasteiger charge is 2.34. The molecule has 1 aromatic rings. The third kappa shape index (κ3) is 2.50. The molecule has 1 unspecified atom stereocenters. The fourth-order valence-corrected chi connectivity index (χ4v) is 2.02. The number of rotatable bonds is 4. The fraction of sp³-hybridized carbons (Fsp3) is 0. The van der Waals surface area contributed by atoms with Crippen molar-refractivity contribution in [2.75, 3.05) is 0 Å². The van der Waals surface area contributed by atoms with E-state index in [2.05, 4.69) is 0 Å². The highest BCUT2D eigenvalue weighted by Crippen LogP contribution is 2.22. The van der Waals surface area contributed by atoms with Gasteiger partial charge in [-0.05, 0) is 16.7 Å². The van der Waals surface area contributed by atoms with E-state index in [0.717, 1.165) is 0 Å². The van der Waals surface area contributed by atoms with Gasteiger partial charge in [0.15, 0.2) is 0 Å². The van der Waals surface area contributed by atoms with Gasteiger partial charge in [0, 0.05) is 0 Å². The van der Waals surface area contributed by atoms with Gasteiger partial charge in [0.2, 0.25) is 0 Å². The lowest BCUT2D eigenvalue weighted by Crippen LogP contribution is -2.21. The van der Waals surface area contributed by atoms with E-state index in [1.165, 1.54) is 0 Å². The van der Waals surface area contributed by atoms with E-state index in [4.69, 9.17) is 20.2 Å². The largest absolute Gasteiger partial charge is 0.547 e. The third-order valence-corrected chi connectivity index (χ3v) is 2.87. The summed E-state index contributed by atoms with van der Waals surface area (Å²) in [4.78, 5) is 41.4. The number of benzene rings is 1. The minimum Gasteiger partial charge on any atom is -0.478 e. The summed E-state index contributed by atoms with van der Waals surface area (Å²) < 4.78 is 11.0. The lowest BCUT2D eigenvalue weighted by molar-refractivity contribution is 0.0696. The van der Waals surface area contributed by atoms with Crippen LogP contribution in [0.3, 0.4) is 0 Å². The van der Waals surface area contributed by atoms with Gasteiger partial charge in [0.1, 0.15) is 11.1 Å². The average molecular weight is 273 g/mol. The number of carboxylic acid groups (broad SMARTS) is 3. The molecule has 1 rings (SSSR count). The molecule has 0 aliphatic carbocycles. The van der Waals surface area contributed by atoms with Gasteiger partial charge in [-0.25, -0.2) is 14.4 Å². The summed E-state index contributed by atoms with van der Waals surface area (Å²) in [5.74, 6) is -4.92. The van der Waals surface area contributed by atoms with Crippen LogP contribution in [0.4, 0.5) is 0 Å². The van der Waals surface area contributed by atoms with Crippen LogP contribution in [-0.4, -0.2) is 38.1 Å². The highest BCUT2D eigenvalue weighted by molar-refractivity contribution is 7.47. The summed E-state index contributed by atoms with van der Waals surface area (Å²) in [5, 5.41) is 25.5. The standard InChI is InChI=1S/C9H5O8P/c10-7(11)3-1-4(8(12)13)6(18(16)17)5(2-3)9(14)15/h1-2H,(H3-,10,11,12,13,14,15,16,17)/p+1. The summed E-state index contributed by atoms with van der Waals surface area (Å²) in [7, 11) is -3.24. The fourth-order valence-electron chi connectivity index (χ4n) is 1.29. The molecule has 0 radical (unpaired) electrons. The second kappa shape index (κ2) is 4.91. The molecule has 0 fully saturated rings. The first-order valence-electron chi connectivity index (χ1n) is 4.29. The molecule has 0 amide bonds. The van der Waals surface area contributed by atoms with E-state index < -0.39 is 47.9 Å². The first-order chi connectivity index (χ1) is 8.25.